The number of carbonyl (C=O) groups excluding carboxylic acids is 2. The monoisotopic (exact) mass is 375 g/mol. The molecule has 1 N–H and O–H groups in total. The van der Waals surface area contributed by atoms with E-state index < -0.39 is 6.04 Å². The SMILES string of the molecule is COc1ccc(N2C(=O)C[C@H](N3CCc4[nH]c5ccccc5c4C3)C2=O)cc1. The lowest BCUT2D eigenvalue weighted by atomic mass is 10.0. The molecule has 6 nitrogen and oxygen atoms in total. The van der Waals surface area contributed by atoms with Crippen LogP contribution in [0.2, 0.25) is 0 Å². The van der Waals surface area contributed by atoms with Gasteiger partial charge in [-0.25, -0.2) is 4.90 Å². The minimum Gasteiger partial charge on any atom is -0.497 e. The van der Waals surface area contributed by atoms with Gasteiger partial charge >= 0.3 is 0 Å². The number of nitrogens with one attached hydrogen (secondary N) is 1. The highest BCUT2D eigenvalue weighted by atomic mass is 16.5. The summed E-state index contributed by atoms with van der Waals surface area (Å²) in [5, 5.41) is 1.20. The molecule has 0 bridgehead atoms. The predicted octanol–water partition coefficient (Wildman–Crippen LogP) is 2.87. The summed E-state index contributed by atoms with van der Waals surface area (Å²) in [6.45, 7) is 1.44. The fourth-order valence-corrected chi connectivity index (χ4v) is 4.36. The molecule has 0 unspecified atom stereocenters. The number of methoxy groups -OCH3 is 1. The van der Waals surface area contributed by atoms with E-state index in [1.165, 1.54) is 21.5 Å². The van der Waals surface area contributed by atoms with Crippen LogP contribution in [0.15, 0.2) is 48.5 Å². The molecule has 1 atom stereocenters. The Morgan fingerprint density at radius 1 is 1.07 bits per heavy atom. The van der Waals surface area contributed by atoms with Crippen molar-refractivity contribution < 1.29 is 14.3 Å². The number of nitrogens with zero attached hydrogens (tertiary/aromatic N) is 2. The number of para-hydroxylation sites is 1. The second kappa shape index (κ2) is 6.49. The fourth-order valence-electron chi connectivity index (χ4n) is 4.36. The van der Waals surface area contributed by atoms with Gasteiger partial charge in [-0.15, -0.1) is 0 Å². The van der Waals surface area contributed by atoms with Gasteiger partial charge in [0.2, 0.25) is 5.91 Å². The van der Waals surface area contributed by atoms with Gasteiger partial charge in [0.1, 0.15) is 5.75 Å². The second-order valence-corrected chi connectivity index (χ2v) is 7.33. The van der Waals surface area contributed by atoms with Crippen LogP contribution in [0.3, 0.4) is 0 Å². The summed E-state index contributed by atoms with van der Waals surface area (Å²) in [4.78, 5) is 32.7. The molecule has 2 aromatic carbocycles. The highest BCUT2D eigenvalue weighted by molar-refractivity contribution is 6.22. The lowest BCUT2D eigenvalue weighted by Gasteiger charge is -2.31. The van der Waals surface area contributed by atoms with Crippen molar-refractivity contribution in [3.8, 4) is 5.75 Å². The van der Waals surface area contributed by atoms with E-state index in [1.54, 1.807) is 31.4 Å². The smallest absolute Gasteiger partial charge is 0.251 e. The summed E-state index contributed by atoms with van der Waals surface area (Å²) in [7, 11) is 1.59. The van der Waals surface area contributed by atoms with E-state index in [0.717, 1.165) is 18.5 Å². The quantitative estimate of drug-likeness (QED) is 0.715. The number of rotatable bonds is 3. The van der Waals surface area contributed by atoms with Crippen molar-refractivity contribution in [2.75, 3.05) is 18.6 Å². The molecule has 1 aromatic heterocycles. The van der Waals surface area contributed by atoms with Gasteiger partial charge in [0.15, 0.2) is 0 Å². The molecule has 1 saturated heterocycles. The summed E-state index contributed by atoms with van der Waals surface area (Å²) >= 11 is 0. The number of aromatic nitrogens is 1. The molecule has 28 heavy (non-hydrogen) atoms. The zero-order valence-electron chi connectivity index (χ0n) is 15.6. The molecule has 2 amide bonds. The van der Waals surface area contributed by atoms with Gasteiger partial charge in [-0.05, 0) is 35.9 Å². The van der Waals surface area contributed by atoms with E-state index in [2.05, 4.69) is 22.0 Å². The summed E-state index contributed by atoms with van der Waals surface area (Å²) in [5.74, 6) is 0.408. The van der Waals surface area contributed by atoms with Crippen LogP contribution in [0.4, 0.5) is 5.69 Å². The molecule has 2 aliphatic rings. The van der Waals surface area contributed by atoms with Crippen LogP contribution in [0.25, 0.3) is 10.9 Å². The number of carbonyl (C=O) groups is 2. The Balaban J connectivity index is 1.41. The number of hydrogen-bond donors (Lipinski definition) is 1. The maximum atomic E-state index is 13.1. The van der Waals surface area contributed by atoms with Crippen LogP contribution in [0, 0.1) is 0 Å². The summed E-state index contributed by atoms with van der Waals surface area (Å²) in [6, 6.07) is 14.9. The molecule has 6 heteroatoms. The number of fused-ring (bicyclic) bond motifs is 3. The summed E-state index contributed by atoms with van der Waals surface area (Å²) < 4.78 is 5.16. The minimum absolute atomic E-state index is 0.140. The Hall–Kier alpha value is -3.12. The number of amides is 2. The zero-order valence-corrected chi connectivity index (χ0v) is 15.6. The van der Waals surface area contributed by atoms with E-state index in [4.69, 9.17) is 4.74 Å². The van der Waals surface area contributed by atoms with Crippen molar-refractivity contribution in [2.45, 2.75) is 25.4 Å². The number of imide groups is 1. The van der Waals surface area contributed by atoms with E-state index >= 15 is 0 Å². The summed E-state index contributed by atoms with van der Waals surface area (Å²) in [5.41, 5.74) is 4.21. The van der Waals surface area contributed by atoms with E-state index in [0.29, 0.717) is 18.0 Å². The van der Waals surface area contributed by atoms with Crippen molar-refractivity contribution in [3.05, 3.63) is 59.8 Å². The van der Waals surface area contributed by atoms with Crippen molar-refractivity contribution in [3.63, 3.8) is 0 Å². The second-order valence-electron chi connectivity index (χ2n) is 7.33. The van der Waals surface area contributed by atoms with Crippen molar-refractivity contribution in [1.82, 2.24) is 9.88 Å². The van der Waals surface area contributed by atoms with Crippen molar-refractivity contribution in [1.29, 1.82) is 0 Å². The first-order valence-corrected chi connectivity index (χ1v) is 9.49. The largest absolute Gasteiger partial charge is 0.497 e. The Morgan fingerprint density at radius 2 is 1.86 bits per heavy atom. The molecule has 0 aliphatic carbocycles. The zero-order chi connectivity index (χ0) is 19.3. The molecule has 5 rings (SSSR count). The van der Waals surface area contributed by atoms with Crippen LogP contribution in [0.5, 0.6) is 5.75 Å². The van der Waals surface area contributed by atoms with Crippen LogP contribution >= 0.6 is 0 Å². The lowest BCUT2D eigenvalue weighted by Crippen LogP contribution is -2.44. The van der Waals surface area contributed by atoms with Gasteiger partial charge < -0.3 is 9.72 Å². The van der Waals surface area contributed by atoms with E-state index in [-0.39, 0.29) is 18.2 Å². The van der Waals surface area contributed by atoms with Crippen molar-refractivity contribution >= 4 is 28.4 Å². The molecule has 3 heterocycles. The fraction of sp³-hybridized carbons (Fsp3) is 0.273. The molecule has 2 aliphatic heterocycles. The molecule has 1 fully saturated rings. The third-order valence-electron chi connectivity index (χ3n) is 5.81. The molecule has 0 saturated carbocycles. The number of hydrogen-bond acceptors (Lipinski definition) is 4. The van der Waals surface area contributed by atoms with Gasteiger partial charge in [-0.3, -0.25) is 14.5 Å². The van der Waals surface area contributed by atoms with Crippen LogP contribution in [0.1, 0.15) is 17.7 Å². The standard InChI is InChI=1S/C22H21N3O3/c1-28-15-8-6-14(7-9-15)25-21(26)12-20(22(25)27)24-11-10-19-17(13-24)16-4-2-3-5-18(16)23-19/h2-9,20,23H,10-13H2,1H3/t20-/m0/s1. The highest BCUT2D eigenvalue weighted by Gasteiger charge is 2.43. The third kappa shape index (κ3) is 2.60. The Bertz CT molecular complexity index is 1070. The van der Waals surface area contributed by atoms with Crippen LogP contribution in [-0.4, -0.2) is 41.4 Å². The average Bonchev–Trinajstić information content (AvgIpc) is 3.24. The Labute approximate surface area is 162 Å². The lowest BCUT2D eigenvalue weighted by molar-refractivity contribution is -0.123. The maximum Gasteiger partial charge on any atom is 0.251 e. The minimum atomic E-state index is -0.406. The first-order chi connectivity index (χ1) is 13.7. The number of H-pyrrole nitrogens is 1. The third-order valence-corrected chi connectivity index (χ3v) is 5.81. The first-order valence-electron chi connectivity index (χ1n) is 9.49. The van der Waals surface area contributed by atoms with Gasteiger partial charge in [-0.2, -0.15) is 0 Å². The molecular weight excluding hydrogens is 354 g/mol. The molecule has 142 valence electrons. The van der Waals surface area contributed by atoms with E-state index in [9.17, 15) is 9.59 Å². The predicted molar refractivity (Wildman–Crippen MR) is 106 cm³/mol. The number of ether oxygens (including phenoxy) is 1. The van der Waals surface area contributed by atoms with Crippen molar-refractivity contribution in [2.24, 2.45) is 0 Å². The molecule has 0 spiro atoms. The number of benzene rings is 2. The molecular formula is C22H21N3O3. The number of aromatic amines is 1. The summed E-state index contributed by atoms with van der Waals surface area (Å²) in [6.07, 6.45) is 1.08. The molecule has 3 aromatic rings. The van der Waals surface area contributed by atoms with Gasteiger partial charge in [0.25, 0.3) is 5.91 Å². The van der Waals surface area contributed by atoms with Crippen LogP contribution in [-0.2, 0) is 22.6 Å². The topological polar surface area (TPSA) is 65.6 Å². The van der Waals surface area contributed by atoms with Crippen LogP contribution < -0.4 is 9.64 Å². The Morgan fingerprint density at radius 3 is 2.64 bits per heavy atom. The highest BCUT2D eigenvalue weighted by Crippen LogP contribution is 2.32. The Kier molecular flexibility index (Phi) is 3.94. The normalized spacial score (nSPS) is 20.0. The maximum absolute atomic E-state index is 13.1. The van der Waals surface area contributed by atoms with Gasteiger partial charge in [0, 0.05) is 36.1 Å². The molecule has 0 radical (unpaired) electrons. The number of anilines is 1. The van der Waals surface area contributed by atoms with E-state index in [1.807, 2.05) is 12.1 Å². The first kappa shape index (κ1) is 17.0. The van der Waals surface area contributed by atoms with Gasteiger partial charge in [-0.1, -0.05) is 18.2 Å². The average molecular weight is 375 g/mol. The van der Waals surface area contributed by atoms with Gasteiger partial charge in [0.05, 0.1) is 25.3 Å².